The van der Waals surface area contributed by atoms with Gasteiger partial charge in [-0.05, 0) is 88.6 Å². The number of halogens is 4. The SMILES string of the molecule is Cc1ccc(F)c(S(=O)(=O)Nc2cc(F)c(-c3nn(C(C)C)c4c(C5CCC(NC[C@@H](C)F)CC5)cnc(N)c34)cc2F)c1. The van der Waals surface area contributed by atoms with Crippen LogP contribution in [0.2, 0.25) is 0 Å². The minimum atomic E-state index is -4.57. The van der Waals surface area contributed by atoms with E-state index in [0.29, 0.717) is 29.1 Å². The van der Waals surface area contributed by atoms with Crippen LogP contribution in [0.3, 0.4) is 0 Å². The first kappa shape index (κ1) is 31.7. The van der Waals surface area contributed by atoms with Gasteiger partial charge in [-0.2, -0.15) is 5.10 Å². The van der Waals surface area contributed by atoms with Gasteiger partial charge in [0.05, 0.1) is 16.6 Å². The molecule has 2 aromatic carbocycles. The van der Waals surface area contributed by atoms with Crippen molar-refractivity contribution >= 4 is 32.4 Å². The molecule has 0 bridgehead atoms. The van der Waals surface area contributed by atoms with E-state index < -0.39 is 44.2 Å². The van der Waals surface area contributed by atoms with E-state index >= 15 is 8.78 Å². The van der Waals surface area contributed by atoms with Gasteiger partial charge in [-0.3, -0.25) is 9.40 Å². The first-order valence-electron chi connectivity index (χ1n) is 14.6. The first-order valence-corrected chi connectivity index (χ1v) is 16.1. The van der Waals surface area contributed by atoms with Crippen molar-refractivity contribution in [1.29, 1.82) is 0 Å². The van der Waals surface area contributed by atoms with Crippen LogP contribution < -0.4 is 15.8 Å². The molecule has 4 aromatic rings. The minimum absolute atomic E-state index is 0.0726. The molecule has 5 rings (SSSR count). The minimum Gasteiger partial charge on any atom is -0.383 e. The number of anilines is 2. The number of benzene rings is 2. The van der Waals surface area contributed by atoms with Crippen LogP contribution in [-0.2, 0) is 10.0 Å². The van der Waals surface area contributed by atoms with Crippen molar-refractivity contribution < 1.29 is 26.0 Å². The summed E-state index contributed by atoms with van der Waals surface area (Å²) in [6.07, 6.45) is 4.10. The standard InChI is InChI=1S/C31H36F4N6O2S/c1-16(2)41-30-22(19-6-8-20(9-7-19)37-14-18(4)32)15-38-31(36)28(30)29(39-41)21-12-25(35)26(13-24(21)34)40-44(42,43)27-11-17(3)5-10-23(27)33/h5,10-13,15-16,18-20,37,40H,6-9,14H2,1-4H3,(H2,36,38)/t18-,19?,20?/m1/s1. The molecule has 13 heteroatoms. The summed E-state index contributed by atoms with van der Waals surface area (Å²) in [7, 11) is -4.57. The smallest absolute Gasteiger partial charge is 0.264 e. The number of fused-ring (bicyclic) bond motifs is 1. The number of pyridine rings is 1. The van der Waals surface area contributed by atoms with E-state index in [0.717, 1.165) is 49.4 Å². The fourth-order valence-electron chi connectivity index (χ4n) is 5.84. The molecule has 236 valence electrons. The van der Waals surface area contributed by atoms with E-state index in [1.165, 1.54) is 13.0 Å². The quantitative estimate of drug-likeness (QED) is 0.176. The third-order valence-corrected chi connectivity index (χ3v) is 9.44. The summed E-state index contributed by atoms with van der Waals surface area (Å²) in [4.78, 5) is 3.72. The molecule has 4 N–H and O–H groups in total. The van der Waals surface area contributed by atoms with E-state index in [4.69, 9.17) is 5.73 Å². The van der Waals surface area contributed by atoms with Crippen molar-refractivity contribution in [2.75, 3.05) is 17.0 Å². The molecular formula is C31H36F4N6O2S. The van der Waals surface area contributed by atoms with Crippen molar-refractivity contribution in [3.63, 3.8) is 0 Å². The number of aryl methyl sites for hydroxylation is 1. The molecule has 1 fully saturated rings. The summed E-state index contributed by atoms with van der Waals surface area (Å²) in [5, 5.41) is 8.31. The number of sulfonamides is 1. The molecule has 0 spiro atoms. The molecule has 1 saturated carbocycles. The van der Waals surface area contributed by atoms with Gasteiger partial charge in [-0.15, -0.1) is 0 Å². The monoisotopic (exact) mass is 632 g/mol. The maximum Gasteiger partial charge on any atom is 0.264 e. The van der Waals surface area contributed by atoms with Crippen LogP contribution in [0.25, 0.3) is 22.2 Å². The summed E-state index contributed by atoms with van der Waals surface area (Å²) in [5.74, 6) is -2.86. The van der Waals surface area contributed by atoms with Crippen LogP contribution >= 0.6 is 0 Å². The summed E-state index contributed by atoms with van der Waals surface area (Å²) < 4.78 is 88.2. The van der Waals surface area contributed by atoms with Crippen LogP contribution in [0.15, 0.2) is 41.4 Å². The average Bonchev–Trinajstić information content (AvgIpc) is 3.37. The van der Waals surface area contributed by atoms with Crippen LogP contribution in [0.1, 0.15) is 69.5 Å². The Labute approximate surface area is 254 Å². The number of hydrogen-bond acceptors (Lipinski definition) is 6. The van der Waals surface area contributed by atoms with Gasteiger partial charge in [0, 0.05) is 36.5 Å². The zero-order valence-corrected chi connectivity index (χ0v) is 25.8. The van der Waals surface area contributed by atoms with Crippen molar-refractivity contribution in [3.05, 3.63) is 65.1 Å². The van der Waals surface area contributed by atoms with Gasteiger partial charge in [0.25, 0.3) is 10.0 Å². The van der Waals surface area contributed by atoms with Crippen LogP contribution in [-0.4, -0.2) is 41.9 Å². The van der Waals surface area contributed by atoms with Crippen molar-refractivity contribution in [2.45, 2.75) is 82.4 Å². The molecule has 1 aliphatic rings. The second kappa shape index (κ2) is 12.4. The number of alkyl halides is 1. The maximum atomic E-state index is 15.7. The lowest BCUT2D eigenvalue weighted by Gasteiger charge is -2.30. The molecule has 0 saturated heterocycles. The van der Waals surface area contributed by atoms with Gasteiger partial charge in [-0.25, -0.2) is 31.0 Å². The Morgan fingerprint density at radius 3 is 2.39 bits per heavy atom. The highest BCUT2D eigenvalue weighted by atomic mass is 32.2. The van der Waals surface area contributed by atoms with Gasteiger partial charge >= 0.3 is 0 Å². The number of nitrogens with one attached hydrogen (secondary N) is 2. The molecule has 44 heavy (non-hydrogen) atoms. The second-order valence-corrected chi connectivity index (χ2v) is 13.4. The normalized spacial score (nSPS) is 18.2. The first-order chi connectivity index (χ1) is 20.8. The highest BCUT2D eigenvalue weighted by Gasteiger charge is 2.30. The largest absolute Gasteiger partial charge is 0.383 e. The Kier molecular flexibility index (Phi) is 8.90. The fourth-order valence-corrected chi connectivity index (χ4v) is 7.06. The maximum absolute atomic E-state index is 15.7. The predicted octanol–water partition coefficient (Wildman–Crippen LogP) is 6.76. The van der Waals surface area contributed by atoms with Gasteiger partial charge in [0.2, 0.25) is 0 Å². The molecule has 0 radical (unpaired) electrons. The molecule has 1 aliphatic carbocycles. The van der Waals surface area contributed by atoms with Crippen LogP contribution in [0.5, 0.6) is 0 Å². The lowest BCUT2D eigenvalue weighted by molar-refractivity contribution is 0.290. The Bertz CT molecular complexity index is 1800. The third-order valence-electron chi connectivity index (χ3n) is 8.06. The Hall–Kier alpha value is -3.71. The van der Waals surface area contributed by atoms with Crippen molar-refractivity contribution in [3.8, 4) is 11.3 Å². The Balaban J connectivity index is 1.53. The van der Waals surface area contributed by atoms with E-state index in [9.17, 15) is 17.2 Å². The fraction of sp³-hybridized carbons (Fsp3) is 0.419. The zero-order valence-electron chi connectivity index (χ0n) is 25.0. The number of nitrogen functional groups attached to an aromatic ring is 1. The second-order valence-electron chi connectivity index (χ2n) is 11.8. The predicted molar refractivity (Wildman–Crippen MR) is 163 cm³/mol. The number of rotatable bonds is 9. The van der Waals surface area contributed by atoms with Crippen LogP contribution in [0, 0.1) is 24.4 Å². The van der Waals surface area contributed by atoms with Crippen LogP contribution in [0.4, 0.5) is 29.1 Å². The summed E-state index contributed by atoms with van der Waals surface area (Å²) in [5.41, 5.74) is 7.54. The molecule has 2 aromatic heterocycles. The van der Waals surface area contributed by atoms with Gasteiger partial charge in [0.15, 0.2) is 0 Å². The summed E-state index contributed by atoms with van der Waals surface area (Å²) in [6.45, 7) is 7.23. The third kappa shape index (κ3) is 6.25. The highest BCUT2D eigenvalue weighted by molar-refractivity contribution is 7.92. The Morgan fingerprint density at radius 1 is 1.02 bits per heavy atom. The van der Waals surface area contributed by atoms with Crippen molar-refractivity contribution in [1.82, 2.24) is 20.1 Å². The number of nitrogens with zero attached hydrogens (tertiary/aromatic N) is 3. The highest BCUT2D eigenvalue weighted by Crippen LogP contribution is 2.42. The molecule has 8 nitrogen and oxygen atoms in total. The molecule has 0 unspecified atom stereocenters. The van der Waals surface area contributed by atoms with E-state index in [1.54, 1.807) is 17.8 Å². The number of nitrogens with two attached hydrogens (primary N) is 1. The topological polar surface area (TPSA) is 115 Å². The van der Waals surface area contributed by atoms with Gasteiger partial charge in [-0.1, -0.05) is 6.07 Å². The Morgan fingerprint density at radius 2 is 1.73 bits per heavy atom. The van der Waals surface area contributed by atoms with E-state index in [1.807, 2.05) is 18.6 Å². The van der Waals surface area contributed by atoms with Crippen molar-refractivity contribution in [2.24, 2.45) is 0 Å². The average molecular weight is 633 g/mol. The summed E-state index contributed by atoms with van der Waals surface area (Å²) >= 11 is 0. The lowest BCUT2D eigenvalue weighted by Crippen LogP contribution is -2.36. The lowest BCUT2D eigenvalue weighted by atomic mass is 9.81. The molecular weight excluding hydrogens is 596 g/mol. The van der Waals surface area contributed by atoms with E-state index in [2.05, 4.69) is 15.4 Å². The number of aromatic nitrogens is 3. The van der Waals surface area contributed by atoms with Gasteiger partial charge in [0.1, 0.15) is 40.0 Å². The van der Waals surface area contributed by atoms with Gasteiger partial charge < -0.3 is 11.1 Å². The molecule has 1 atom stereocenters. The molecule has 0 amide bonds. The summed E-state index contributed by atoms with van der Waals surface area (Å²) in [6, 6.07) is 5.08. The number of hydrogen-bond donors (Lipinski definition) is 3. The molecule has 2 heterocycles. The van der Waals surface area contributed by atoms with E-state index in [-0.39, 0.29) is 35.1 Å². The molecule has 0 aliphatic heterocycles. The zero-order chi connectivity index (χ0) is 31.9.